The van der Waals surface area contributed by atoms with Crippen molar-refractivity contribution < 1.29 is 0 Å². The summed E-state index contributed by atoms with van der Waals surface area (Å²) >= 11 is 1.89. The number of hydrogen-bond acceptors (Lipinski definition) is 6. The van der Waals surface area contributed by atoms with Gasteiger partial charge in [0.15, 0.2) is 0 Å². The first kappa shape index (κ1) is 49.9. The highest BCUT2D eigenvalue weighted by Gasteiger charge is 2.48. The Balaban J connectivity index is 1.00. The highest BCUT2D eigenvalue weighted by Crippen LogP contribution is 2.52. The zero-order chi connectivity index (χ0) is 56.7. The van der Waals surface area contributed by atoms with Crippen molar-refractivity contribution in [3.63, 3.8) is 0 Å². The molecule has 0 spiro atoms. The standard InChI is InChI=1S/C78H53B2N5S/c1-8-28-54(29-9-1)63-42-22-25-45-68(63)85-71-53-70-66(80-65-44-24-27-47-75(65)86-76-51-62(50-74(78(76)80)84(70)60-40-20-7-21-41-60)82(57-34-14-4-15-35-57)58-36-16-5-17-37-58)52-67(71)79-64-43-23-26-46-69(64)83(59-38-18-6-19-39-59)72-48-61(49-73(85)77(72)79)81(55-30-10-2-11-31-55)56-32-12-3-13-33-56/h1-53H. The van der Waals surface area contributed by atoms with Gasteiger partial charge in [-0.15, -0.1) is 0 Å². The molecule has 8 heteroatoms. The SMILES string of the molecule is c1ccc(-c2ccccc2N2c3cc4c(cc3B3c5ccccc5N(c5ccccc5)c5cc(N(c6ccccc6)c6ccccc6)cc2c53)B2c3ccccc3Sc3cc(N(c5ccccc5)c5ccccc5)cc(c32)N4c2ccccc2)cc1. The molecule has 86 heavy (non-hydrogen) atoms. The van der Waals surface area contributed by atoms with Gasteiger partial charge < -0.3 is 24.5 Å². The fraction of sp³-hybridized carbons (Fsp3) is 0. The lowest BCUT2D eigenvalue weighted by molar-refractivity contribution is 1.21. The quantitative estimate of drug-likeness (QED) is 0.126. The summed E-state index contributed by atoms with van der Waals surface area (Å²) in [5, 5.41) is 0. The van der Waals surface area contributed by atoms with Crippen LogP contribution in [0.5, 0.6) is 0 Å². The Morgan fingerprint density at radius 3 is 1.20 bits per heavy atom. The normalized spacial score (nSPS) is 13.0. The second kappa shape index (κ2) is 20.6. The Morgan fingerprint density at radius 1 is 0.244 bits per heavy atom. The van der Waals surface area contributed by atoms with E-state index in [-0.39, 0.29) is 13.4 Å². The van der Waals surface area contributed by atoms with Crippen LogP contribution in [0.4, 0.5) is 85.3 Å². The van der Waals surface area contributed by atoms with Crippen LogP contribution in [0.2, 0.25) is 0 Å². The molecule has 13 aromatic carbocycles. The molecular weight excluding hydrogens is 1060 g/mol. The number of fused-ring (bicyclic) bond motifs is 8. The maximum absolute atomic E-state index is 2.64. The van der Waals surface area contributed by atoms with Crippen LogP contribution in [-0.4, -0.2) is 13.4 Å². The molecule has 17 rings (SSSR count). The highest BCUT2D eigenvalue weighted by molar-refractivity contribution is 8.00. The zero-order valence-corrected chi connectivity index (χ0v) is 47.7. The fourth-order valence-corrected chi connectivity index (χ4v) is 15.3. The van der Waals surface area contributed by atoms with Crippen molar-refractivity contribution in [3.05, 3.63) is 322 Å². The van der Waals surface area contributed by atoms with Crippen LogP contribution in [0.3, 0.4) is 0 Å². The van der Waals surface area contributed by atoms with Crippen molar-refractivity contribution in [3.8, 4) is 11.1 Å². The summed E-state index contributed by atoms with van der Waals surface area (Å²) in [5.74, 6) is 0. The van der Waals surface area contributed by atoms with E-state index in [1.807, 2.05) is 11.8 Å². The molecule has 0 saturated heterocycles. The smallest absolute Gasteiger partial charge is 0.252 e. The fourth-order valence-electron chi connectivity index (χ4n) is 14.1. The van der Waals surface area contributed by atoms with Crippen LogP contribution < -0.4 is 57.3 Å². The van der Waals surface area contributed by atoms with E-state index in [4.69, 9.17) is 0 Å². The third-order valence-electron chi connectivity index (χ3n) is 17.6. The third kappa shape index (κ3) is 8.05. The molecule has 5 nitrogen and oxygen atoms in total. The van der Waals surface area contributed by atoms with Gasteiger partial charge in [0, 0.05) is 89.3 Å². The molecule has 0 amide bonds. The minimum absolute atomic E-state index is 0.0769. The first-order valence-corrected chi connectivity index (χ1v) is 30.4. The van der Waals surface area contributed by atoms with Crippen molar-refractivity contribution in [2.75, 3.05) is 24.5 Å². The lowest BCUT2D eigenvalue weighted by Gasteiger charge is -2.47. The molecule has 0 bridgehead atoms. The van der Waals surface area contributed by atoms with Crippen LogP contribution >= 0.6 is 11.8 Å². The Labute approximate surface area is 507 Å². The van der Waals surface area contributed by atoms with Gasteiger partial charge in [-0.25, -0.2) is 0 Å². The molecule has 0 aromatic heterocycles. The molecular formula is C78H53B2N5S. The first-order chi connectivity index (χ1) is 42.7. The van der Waals surface area contributed by atoms with E-state index in [1.54, 1.807) is 0 Å². The van der Waals surface area contributed by atoms with Gasteiger partial charge in [-0.3, -0.25) is 0 Å². The molecule has 0 saturated carbocycles. The summed E-state index contributed by atoms with van der Waals surface area (Å²) in [5.41, 5.74) is 26.7. The number of hydrogen-bond donors (Lipinski definition) is 0. The predicted octanol–water partition coefficient (Wildman–Crippen LogP) is 17.1. The third-order valence-corrected chi connectivity index (χ3v) is 18.7. The van der Waals surface area contributed by atoms with Gasteiger partial charge in [-0.1, -0.05) is 217 Å². The summed E-state index contributed by atoms with van der Waals surface area (Å²) in [6.07, 6.45) is 0. The minimum Gasteiger partial charge on any atom is -0.311 e. The van der Waals surface area contributed by atoms with Crippen molar-refractivity contribution in [2.24, 2.45) is 0 Å². The average molecular weight is 1110 g/mol. The first-order valence-electron chi connectivity index (χ1n) is 29.6. The largest absolute Gasteiger partial charge is 0.311 e. The topological polar surface area (TPSA) is 16.2 Å². The summed E-state index contributed by atoms with van der Waals surface area (Å²) in [7, 11) is 0. The molecule has 4 aliphatic rings. The maximum Gasteiger partial charge on any atom is 0.252 e. The lowest BCUT2D eigenvalue weighted by atomic mass is 9.30. The molecule has 0 atom stereocenters. The number of nitrogens with zero attached hydrogens (tertiary/aromatic N) is 5. The number of benzene rings is 13. The van der Waals surface area contributed by atoms with Crippen LogP contribution in [0.1, 0.15) is 0 Å². The van der Waals surface area contributed by atoms with E-state index >= 15 is 0 Å². The van der Waals surface area contributed by atoms with Crippen molar-refractivity contribution in [2.45, 2.75) is 9.79 Å². The van der Waals surface area contributed by atoms with Gasteiger partial charge in [0.1, 0.15) is 0 Å². The van der Waals surface area contributed by atoms with Gasteiger partial charge in [0.2, 0.25) is 6.71 Å². The Morgan fingerprint density at radius 2 is 0.640 bits per heavy atom. The van der Waals surface area contributed by atoms with Gasteiger partial charge in [0.25, 0.3) is 6.71 Å². The number of para-hydroxylation sites is 8. The molecule has 0 radical (unpaired) electrons. The second-order valence-corrected chi connectivity index (χ2v) is 23.5. The zero-order valence-electron chi connectivity index (χ0n) is 46.9. The monoisotopic (exact) mass is 1110 g/mol. The number of rotatable bonds is 10. The summed E-state index contributed by atoms with van der Waals surface area (Å²) in [4.78, 5) is 15.1. The maximum atomic E-state index is 2.64. The summed E-state index contributed by atoms with van der Waals surface area (Å²) in [6, 6.07) is 119. The molecule has 13 aromatic rings. The molecule has 4 aliphatic heterocycles. The molecule has 0 N–H and O–H groups in total. The average Bonchev–Trinajstić information content (AvgIpc) is 1.92. The van der Waals surface area contributed by atoms with Crippen molar-refractivity contribution >= 4 is 143 Å². The number of anilines is 15. The second-order valence-electron chi connectivity index (χ2n) is 22.4. The molecule has 0 fully saturated rings. The summed E-state index contributed by atoms with van der Waals surface area (Å²) in [6.45, 7) is -0.230. The van der Waals surface area contributed by atoms with E-state index < -0.39 is 0 Å². The predicted molar refractivity (Wildman–Crippen MR) is 365 cm³/mol. The lowest BCUT2D eigenvalue weighted by Crippen LogP contribution is -2.64. The van der Waals surface area contributed by atoms with Gasteiger partial charge in [0.05, 0.1) is 11.4 Å². The molecule has 4 heterocycles. The van der Waals surface area contributed by atoms with Crippen LogP contribution in [0.25, 0.3) is 11.1 Å². The van der Waals surface area contributed by atoms with E-state index in [0.717, 1.165) is 85.1 Å². The van der Waals surface area contributed by atoms with E-state index in [0.29, 0.717) is 0 Å². The van der Waals surface area contributed by atoms with Crippen molar-refractivity contribution in [1.82, 2.24) is 0 Å². The minimum atomic E-state index is -0.153. The Hall–Kier alpha value is -10.7. The van der Waals surface area contributed by atoms with E-state index in [2.05, 4.69) is 346 Å². The van der Waals surface area contributed by atoms with Gasteiger partial charge >= 0.3 is 0 Å². The molecule has 0 aliphatic carbocycles. The van der Waals surface area contributed by atoms with Gasteiger partial charge in [-0.2, -0.15) is 0 Å². The van der Waals surface area contributed by atoms with Gasteiger partial charge in [-0.05, 0) is 154 Å². The van der Waals surface area contributed by atoms with E-state index in [9.17, 15) is 0 Å². The molecule has 0 unspecified atom stereocenters. The van der Waals surface area contributed by atoms with Crippen LogP contribution in [-0.2, 0) is 0 Å². The summed E-state index contributed by atoms with van der Waals surface area (Å²) < 4.78 is 0. The van der Waals surface area contributed by atoms with Crippen molar-refractivity contribution in [1.29, 1.82) is 0 Å². The van der Waals surface area contributed by atoms with Crippen LogP contribution in [0, 0.1) is 0 Å². The highest BCUT2D eigenvalue weighted by atomic mass is 32.2. The van der Waals surface area contributed by atoms with Crippen LogP contribution in [0.15, 0.2) is 331 Å². The Bertz CT molecular complexity index is 4630. The Kier molecular flexibility index (Phi) is 12.0. The van der Waals surface area contributed by atoms with E-state index in [1.165, 1.54) is 53.9 Å². The molecule has 402 valence electrons.